The minimum absolute atomic E-state index is 0.322. The third-order valence-corrected chi connectivity index (χ3v) is 2.41. The van der Waals surface area contributed by atoms with Crippen molar-refractivity contribution in [3.05, 3.63) is 36.6 Å². The van der Waals surface area contributed by atoms with Gasteiger partial charge >= 0.3 is 11.5 Å². The van der Waals surface area contributed by atoms with Gasteiger partial charge in [0, 0.05) is 0 Å². The van der Waals surface area contributed by atoms with E-state index in [0.717, 1.165) is 18.4 Å². The van der Waals surface area contributed by atoms with E-state index in [2.05, 4.69) is 6.58 Å². The van der Waals surface area contributed by atoms with Crippen LogP contribution in [-0.4, -0.2) is 16.6 Å². The average molecular weight is 264 g/mol. The lowest BCUT2D eigenvalue weighted by atomic mass is 10.2. The van der Waals surface area contributed by atoms with Gasteiger partial charge in [0.25, 0.3) is 0 Å². The Morgan fingerprint density at radius 2 is 2.12 bits per heavy atom. The Labute approximate surface area is 98.9 Å². The second-order valence-corrected chi connectivity index (χ2v) is 3.88. The molecule has 0 bridgehead atoms. The summed E-state index contributed by atoms with van der Waals surface area (Å²) < 4.78 is 41.4. The molecule has 7 heteroatoms. The number of benzene rings is 1. The molecule has 0 aliphatic heterocycles. The van der Waals surface area contributed by atoms with Gasteiger partial charge in [0.1, 0.15) is 5.56 Å². The summed E-state index contributed by atoms with van der Waals surface area (Å²) in [7, 11) is 0. The van der Waals surface area contributed by atoms with Crippen LogP contribution in [0.3, 0.4) is 0 Å². The molecule has 1 N–H and O–H groups in total. The lowest BCUT2D eigenvalue weighted by Crippen LogP contribution is -2.04. The van der Waals surface area contributed by atoms with Crippen LogP contribution in [0.25, 0.3) is 0 Å². The van der Waals surface area contributed by atoms with Crippen molar-refractivity contribution in [3.63, 3.8) is 0 Å². The van der Waals surface area contributed by atoms with Gasteiger partial charge in [0.15, 0.2) is 5.75 Å². The number of hydrogen-bond donors (Lipinski definition) is 1. The Morgan fingerprint density at radius 1 is 1.47 bits per heavy atom. The number of hydrogen-bond acceptors (Lipinski definition) is 3. The molecular formula is C10H7F3O3S. The first kappa shape index (κ1) is 13.4. The van der Waals surface area contributed by atoms with Gasteiger partial charge in [-0.2, -0.15) is 13.2 Å². The van der Waals surface area contributed by atoms with Crippen LogP contribution in [0.2, 0.25) is 0 Å². The number of para-hydroxylation sites is 1. The van der Waals surface area contributed by atoms with Crippen molar-refractivity contribution in [3.8, 4) is 5.75 Å². The molecule has 0 saturated carbocycles. The molecular weight excluding hydrogens is 257 g/mol. The Bertz CT molecular complexity index is 443. The van der Waals surface area contributed by atoms with Crippen LogP contribution in [0.15, 0.2) is 35.9 Å². The third kappa shape index (κ3) is 3.70. The molecule has 0 aliphatic carbocycles. The maximum atomic E-state index is 12.2. The van der Waals surface area contributed by atoms with Crippen LogP contribution in [0.4, 0.5) is 13.2 Å². The first-order valence-electron chi connectivity index (χ1n) is 4.25. The molecule has 0 unspecified atom stereocenters. The molecule has 0 saturated heterocycles. The van der Waals surface area contributed by atoms with Crippen molar-refractivity contribution in [1.29, 1.82) is 0 Å². The Hall–Kier alpha value is -1.63. The molecule has 17 heavy (non-hydrogen) atoms. The molecule has 92 valence electrons. The van der Waals surface area contributed by atoms with E-state index in [-0.39, 0.29) is 16.2 Å². The zero-order valence-corrected chi connectivity index (χ0v) is 9.14. The van der Waals surface area contributed by atoms with E-state index in [0.29, 0.717) is 0 Å². The molecule has 0 spiro atoms. The maximum Gasteiger partial charge on any atom is 0.446 e. The molecule has 0 atom stereocenters. The van der Waals surface area contributed by atoms with Crippen LogP contribution in [0.1, 0.15) is 10.4 Å². The van der Waals surface area contributed by atoms with Crippen molar-refractivity contribution >= 4 is 17.7 Å². The van der Waals surface area contributed by atoms with Crippen LogP contribution in [0.5, 0.6) is 5.75 Å². The highest BCUT2D eigenvalue weighted by molar-refractivity contribution is 8.00. The number of carboxylic acid groups (broad SMARTS) is 1. The summed E-state index contributed by atoms with van der Waals surface area (Å²) in [5.74, 6) is -1.73. The van der Waals surface area contributed by atoms with Gasteiger partial charge in [-0.3, -0.25) is 0 Å². The van der Waals surface area contributed by atoms with Gasteiger partial charge in [0.05, 0.1) is 11.2 Å². The van der Waals surface area contributed by atoms with Gasteiger partial charge in [0.2, 0.25) is 0 Å². The van der Waals surface area contributed by atoms with E-state index in [9.17, 15) is 18.0 Å². The summed E-state index contributed by atoms with van der Waals surface area (Å²) in [5.41, 5.74) is -4.87. The second-order valence-electron chi connectivity index (χ2n) is 2.77. The van der Waals surface area contributed by atoms with E-state index in [1.807, 2.05) is 0 Å². The number of ether oxygens (including phenoxy) is 1. The van der Waals surface area contributed by atoms with Gasteiger partial charge in [-0.05, 0) is 23.9 Å². The second kappa shape index (κ2) is 5.13. The quantitative estimate of drug-likeness (QED) is 0.667. The van der Waals surface area contributed by atoms with Crippen LogP contribution in [-0.2, 0) is 0 Å². The molecule has 0 heterocycles. The fraction of sp³-hybridized carbons (Fsp3) is 0.100. The predicted molar refractivity (Wildman–Crippen MR) is 56.1 cm³/mol. The fourth-order valence-electron chi connectivity index (χ4n) is 1.09. The number of halogens is 3. The molecule has 0 aliphatic rings. The van der Waals surface area contributed by atoms with Crippen LogP contribution < -0.4 is 4.74 Å². The summed E-state index contributed by atoms with van der Waals surface area (Å²) >= 11 is -0.437. The minimum atomic E-state index is -4.52. The number of rotatable bonds is 4. The lowest BCUT2D eigenvalue weighted by molar-refractivity contribution is -0.0329. The fourth-order valence-corrected chi connectivity index (χ4v) is 1.74. The van der Waals surface area contributed by atoms with Crippen molar-refractivity contribution < 1.29 is 27.8 Å². The normalized spacial score (nSPS) is 11.0. The molecule has 3 nitrogen and oxygen atoms in total. The van der Waals surface area contributed by atoms with E-state index < -0.39 is 23.2 Å². The molecule has 0 fully saturated rings. The number of thioether (sulfide) groups is 1. The molecule has 0 amide bonds. The average Bonchev–Trinajstić information content (AvgIpc) is 2.18. The molecule has 1 rings (SSSR count). The molecule has 0 radical (unpaired) electrons. The zero-order valence-electron chi connectivity index (χ0n) is 8.32. The standard InChI is InChI=1S/C10H7F3O3S/c1-2-16-8-6(9(14)15)4-3-5-7(8)17-10(11,12)13/h2-5H,1H2,(H,14,15). The van der Waals surface area contributed by atoms with Crippen molar-refractivity contribution in [2.45, 2.75) is 10.4 Å². The van der Waals surface area contributed by atoms with Crippen LogP contribution >= 0.6 is 11.8 Å². The molecule has 0 aromatic heterocycles. The lowest BCUT2D eigenvalue weighted by Gasteiger charge is -2.12. The van der Waals surface area contributed by atoms with E-state index >= 15 is 0 Å². The first-order chi connectivity index (χ1) is 7.85. The Kier molecular flexibility index (Phi) is 4.06. The Balaban J connectivity index is 3.24. The topological polar surface area (TPSA) is 46.5 Å². The summed E-state index contributed by atoms with van der Waals surface area (Å²) in [6, 6.07) is 3.50. The number of alkyl halides is 3. The smallest absolute Gasteiger partial charge is 0.446 e. The minimum Gasteiger partial charge on any atom is -0.478 e. The summed E-state index contributed by atoms with van der Waals surface area (Å²) in [5, 5.41) is 8.81. The highest BCUT2D eigenvalue weighted by Crippen LogP contribution is 2.42. The maximum absolute atomic E-state index is 12.2. The molecule has 1 aromatic rings. The van der Waals surface area contributed by atoms with Gasteiger partial charge in [-0.15, -0.1) is 0 Å². The monoisotopic (exact) mass is 264 g/mol. The summed E-state index contributed by atoms with van der Waals surface area (Å²) in [4.78, 5) is 10.5. The number of aromatic carboxylic acids is 1. The van der Waals surface area contributed by atoms with E-state index in [1.54, 1.807) is 0 Å². The van der Waals surface area contributed by atoms with E-state index in [1.165, 1.54) is 6.07 Å². The zero-order chi connectivity index (χ0) is 13.1. The SMILES string of the molecule is C=COc1c(SC(F)(F)F)cccc1C(=O)O. The Morgan fingerprint density at radius 3 is 2.59 bits per heavy atom. The molecule has 1 aromatic carbocycles. The van der Waals surface area contributed by atoms with E-state index in [4.69, 9.17) is 9.84 Å². The highest BCUT2D eigenvalue weighted by Gasteiger charge is 2.32. The van der Waals surface area contributed by atoms with Gasteiger partial charge in [-0.1, -0.05) is 12.6 Å². The van der Waals surface area contributed by atoms with Crippen molar-refractivity contribution in [2.75, 3.05) is 0 Å². The number of carbonyl (C=O) groups is 1. The third-order valence-electron chi connectivity index (χ3n) is 1.64. The first-order valence-corrected chi connectivity index (χ1v) is 5.06. The predicted octanol–water partition coefficient (Wildman–Crippen LogP) is 3.52. The van der Waals surface area contributed by atoms with Crippen molar-refractivity contribution in [2.24, 2.45) is 0 Å². The van der Waals surface area contributed by atoms with Crippen LogP contribution in [0, 0.1) is 0 Å². The number of carboxylic acids is 1. The van der Waals surface area contributed by atoms with Gasteiger partial charge < -0.3 is 9.84 Å². The largest absolute Gasteiger partial charge is 0.478 e. The van der Waals surface area contributed by atoms with Gasteiger partial charge in [-0.25, -0.2) is 4.79 Å². The van der Waals surface area contributed by atoms with Crippen molar-refractivity contribution in [1.82, 2.24) is 0 Å². The summed E-state index contributed by atoms with van der Waals surface area (Å²) in [6.07, 6.45) is 0.877. The summed E-state index contributed by atoms with van der Waals surface area (Å²) in [6.45, 7) is 3.19. The highest BCUT2D eigenvalue weighted by atomic mass is 32.2.